The van der Waals surface area contributed by atoms with Gasteiger partial charge in [-0.05, 0) is 37.5 Å². The standard InChI is InChI=1S/C13H26N2O/c1-4-5-12(14)13(16)15-11-7-6-9(2)10(3)8-11/h9-12H,4-8,14H2,1-3H3,(H,15,16)/t9?,10?,11?,12-/m0/s1. The third kappa shape index (κ3) is 3.78. The number of nitrogens with two attached hydrogens (primary N) is 1. The number of hydrogen-bond donors (Lipinski definition) is 2. The summed E-state index contributed by atoms with van der Waals surface area (Å²) in [5.41, 5.74) is 5.79. The summed E-state index contributed by atoms with van der Waals surface area (Å²) in [5.74, 6) is 1.53. The molecular weight excluding hydrogens is 200 g/mol. The highest BCUT2D eigenvalue weighted by Gasteiger charge is 2.26. The van der Waals surface area contributed by atoms with Gasteiger partial charge in [0.25, 0.3) is 0 Å². The molecule has 3 N–H and O–H groups in total. The molecule has 1 aliphatic rings. The van der Waals surface area contributed by atoms with Crippen molar-refractivity contribution in [3.05, 3.63) is 0 Å². The molecule has 0 saturated heterocycles. The molecule has 1 saturated carbocycles. The van der Waals surface area contributed by atoms with Crippen LogP contribution < -0.4 is 11.1 Å². The number of amides is 1. The summed E-state index contributed by atoms with van der Waals surface area (Å²) in [7, 11) is 0. The van der Waals surface area contributed by atoms with Gasteiger partial charge in [0.05, 0.1) is 6.04 Å². The van der Waals surface area contributed by atoms with Gasteiger partial charge in [-0.3, -0.25) is 4.79 Å². The fourth-order valence-electron chi connectivity index (χ4n) is 2.43. The molecule has 0 bridgehead atoms. The number of hydrogen-bond acceptors (Lipinski definition) is 2. The molecule has 0 spiro atoms. The van der Waals surface area contributed by atoms with Crippen LogP contribution in [0.5, 0.6) is 0 Å². The summed E-state index contributed by atoms with van der Waals surface area (Å²) in [6, 6.07) is 0.0289. The lowest BCUT2D eigenvalue weighted by Crippen LogP contribution is -2.47. The molecule has 4 atom stereocenters. The minimum absolute atomic E-state index is 0.0357. The average Bonchev–Trinajstić information content (AvgIpc) is 2.24. The maximum Gasteiger partial charge on any atom is 0.237 e. The lowest BCUT2D eigenvalue weighted by molar-refractivity contribution is -0.123. The van der Waals surface area contributed by atoms with E-state index in [1.54, 1.807) is 0 Å². The quantitative estimate of drug-likeness (QED) is 0.771. The lowest BCUT2D eigenvalue weighted by atomic mass is 9.79. The van der Waals surface area contributed by atoms with Gasteiger partial charge in [-0.15, -0.1) is 0 Å². The molecule has 1 amide bonds. The molecule has 0 aromatic carbocycles. The highest BCUT2D eigenvalue weighted by Crippen LogP contribution is 2.29. The molecule has 1 fully saturated rings. The second kappa shape index (κ2) is 6.24. The summed E-state index contributed by atoms with van der Waals surface area (Å²) >= 11 is 0. The van der Waals surface area contributed by atoms with Crippen molar-refractivity contribution in [3.63, 3.8) is 0 Å². The van der Waals surface area contributed by atoms with Gasteiger partial charge >= 0.3 is 0 Å². The van der Waals surface area contributed by atoms with Crippen molar-refractivity contribution in [2.75, 3.05) is 0 Å². The summed E-state index contributed by atoms with van der Waals surface area (Å²) < 4.78 is 0. The molecule has 3 heteroatoms. The normalized spacial score (nSPS) is 32.1. The maximum absolute atomic E-state index is 11.8. The average molecular weight is 226 g/mol. The Bertz CT molecular complexity index is 230. The molecule has 1 aliphatic carbocycles. The van der Waals surface area contributed by atoms with Crippen LogP contribution in [-0.2, 0) is 4.79 Å². The molecule has 0 heterocycles. The van der Waals surface area contributed by atoms with E-state index >= 15 is 0 Å². The molecule has 0 radical (unpaired) electrons. The van der Waals surface area contributed by atoms with Crippen LogP contribution in [0, 0.1) is 11.8 Å². The zero-order valence-corrected chi connectivity index (χ0v) is 10.8. The van der Waals surface area contributed by atoms with Crippen LogP contribution in [0.25, 0.3) is 0 Å². The van der Waals surface area contributed by atoms with Gasteiger partial charge in [-0.2, -0.15) is 0 Å². The predicted molar refractivity (Wildman–Crippen MR) is 67.0 cm³/mol. The number of carbonyl (C=O) groups excluding carboxylic acids is 1. The van der Waals surface area contributed by atoms with Crippen molar-refractivity contribution >= 4 is 5.91 Å². The molecule has 0 aromatic heterocycles. The van der Waals surface area contributed by atoms with Gasteiger partial charge in [0, 0.05) is 6.04 Å². The van der Waals surface area contributed by atoms with E-state index in [9.17, 15) is 4.79 Å². The van der Waals surface area contributed by atoms with Crippen LogP contribution in [0.3, 0.4) is 0 Å². The van der Waals surface area contributed by atoms with Gasteiger partial charge in [-0.1, -0.05) is 27.2 Å². The van der Waals surface area contributed by atoms with Gasteiger partial charge in [0.15, 0.2) is 0 Å². The number of rotatable bonds is 4. The smallest absolute Gasteiger partial charge is 0.237 e. The second-order valence-electron chi connectivity index (χ2n) is 5.37. The monoisotopic (exact) mass is 226 g/mol. The highest BCUT2D eigenvalue weighted by atomic mass is 16.2. The van der Waals surface area contributed by atoms with Crippen molar-refractivity contribution in [1.82, 2.24) is 5.32 Å². The van der Waals surface area contributed by atoms with Crippen molar-refractivity contribution in [2.24, 2.45) is 17.6 Å². The molecular formula is C13H26N2O. The van der Waals surface area contributed by atoms with Gasteiger partial charge < -0.3 is 11.1 Å². The van der Waals surface area contributed by atoms with E-state index in [1.807, 2.05) is 0 Å². The van der Waals surface area contributed by atoms with E-state index in [0.29, 0.717) is 12.0 Å². The fourth-order valence-corrected chi connectivity index (χ4v) is 2.43. The Hall–Kier alpha value is -0.570. The zero-order chi connectivity index (χ0) is 12.1. The van der Waals surface area contributed by atoms with Crippen LogP contribution in [0.15, 0.2) is 0 Å². The Kier molecular flexibility index (Phi) is 5.26. The Balaban J connectivity index is 2.34. The largest absolute Gasteiger partial charge is 0.352 e. The third-order valence-corrected chi connectivity index (χ3v) is 3.88. The third-order valence-electron chi connectivity index (χ3n) is 3.88. The number of carbonyl (C=O) groups is 1. The topological polar surface area (TPSA) is 55.1 Å². The highest BCUT2D eigenvalue weighted by molar-refractivity contribution is 5.81. The summed E-state index contributed by atoms with van der Waals surface area (Å²) in [6.45, 7) is 6.62. The summed E-state index contributed by atoms with van der Waals surface area (Å²) in [4.78, 5) is 11.8. The summed E-state index contributed by atoms with van der Waals surface area (Å²) in [5, 5.41) is 3.09. The van der Waals surface area contributed by atoms with E-state index in [0.717, 1.165) is 31.6 Å². The number of nitrogens with one attached hydrogen (secondary N) is 1. The minimum atomic E-state index is -0.320. The van der Waals surface area contributed by atoms with Crippen LogP contribution >= 0.6 is 0 Å². The molecule has 0 aromatic rings. The lowest BCUT2D eigenvalue weighted by Gasteiger charge is -2.33. The summed E-state index contributed by atoms with van der Waals surface area (Å²) in [6.07, 6.45) is 5.17. The first kappa shape index (κ1) is 13.5. The minimum Gasteiger partial charge on any atom is -0.352 e. The molecule has 0 aliphatic heterocycles. The van der Waals surface area contributed by atoms with Crippen LogP contribution in [0.2, 0.25) is 0 Å². The Morgan fingerprint density at radius 3 is 2.62 bits per heavy atom. The Morgan fingerprint density at radius 2 is 2.06 bits per heavy atom. The van der Waals surface area contributed by atoms with Crippen molar-refractivity contribution in [1.29, 1.82) is 0 Å². The van der Waals surface area contributed by atoms with Crippen LogP contribution in [-0.4, -0.2) is 18.0 Å². The van der Waals surface area contributed by atoms with Gasteiger partial charge in [0.2, 0.25) is 5.91 Å². The van der Waals surface area contributed by atoms with E-state index in [1.165, 1.54) is 6.42 Å². The molecule has 94 valence electrons. The van der Waals surface area contributed by atoms with Crippen LogP contribution in [0.1, 0.15) is 52.9 Å². The van der Waals surface area contributed by atoms with E-state index in [2.05, 4.69) is 26.1 Å². The van der Waals surface area contributed by atoms with E-state index in [4.69, 9.17) is 5.73 Å². The maximum atomic E-state index is 11.8. The zero-order valence-electron chi connectivity index (χ0n) is 10.8. The first-order chi connectivity index (χ1) is 7.54. The molecule has 16 heavy (non-hydrogen) atoms. The predicted octanol–water partition coefficient (Wildman–Crippen LogP) is 2.05. The Labute approximate surface area is 99.2 Å². The first-order valence-electron chi connectivity index (χ1n) is 6.60. The van der Waals surface area contributed by atoms with Gasteiger partial charge in [-0.25, -0.2) is 0 Å². The van der Waals surface area contributed by atoms with Gasteiger partial charge in [0.1, 0.15) is 0 Å². The fraction of sp³-hybridized carbons (Fsp3) is 0.923. The second-order valence-corrected chi connectivity index (χ2v) is 5.37. The SMILES string of the molecule is CCC[C@H](N)C(=O)NC1CCC(C)C(C)C1. The van der Waals surface area contributed by atoms with Crippen LogP contribution in [0.4, 0.5) is 0 Å². The van der Waals surface area contributed by atoms with Crippen molar-refractivity contribution in [3.8, 4) is 0 Å². The molecule has 1 rings (SSSR count). The van der Waals surface area contributed by atoms with E-state index in [-0.39, 0.29) is 11.9 Å². The molecule has 3 unspecified atom stereocenters. The van der Waals surface area contributed by atoms with Crippen molar-refractivity contribution < 1.29 is 4.79 Å². The molecule has 3 nitrogen and oxygen atoms in total. The first-order valence-corrected chi connectivity index (χ1v) is 6.60. The Morgan fingerprint density at radius 1 is 1.38 bits per heavy atom. The van der Waals surface area contributed by atoms with E-state index < -0.39 is 0 Å². The van der Waals surface area contributed by atoms with Crippen molar-refractivity contribution in [2.45, 2.75) is 65.0 Å².